The number of ether oxygens (including phenoxy) is 2. The molecule has 0 unspecified atom stereocenters. The maximum absolute atomic E-state index is 13.1. The Bertz CT molecular complexity index is 1670. The molecule has 0 bridgehead atoms. The molecule has 4 aromatic rings. The van der Waals surface area contributed by atoms with E-state index in [0.29, 0.717) is 34.1 Å². The highest BCUT2D eigenvalue weighted by Gasteiger charge is 2.18. The van der Waals surface area contributed by atoms with Crippen molar-refractivity contribution >= 4 is 58.8 Å². The van der Waals surface area contributed by atoms with Crippen molar-refractivity contribution in [2.45, 2.75) is 26.7 Å². The molecule has 2 heterocycles. The Kier molecular flexibility index (Phi) is 10.9. The average Bonchev–Trinajstić information content (AvgIpc) is 3.29. The number of rotatable bonds is 11. The second kappa shape index (κ2) is 14.5. The van der Waals surface area contributed by atoms with Crippen LogP contribution < -0.4 is 15.4 Å². The number of anilines is 1. The van der Waals surface area contributed by atoms with Crippen LogP contribution in [0.4, 0.5) is 10.6 Å². The highest BCUT2D eigenvalue weighted by atomic mass is 35.5. The third-order valence-electron chi connectivity index (χ3n) is 6.14. The molecule has 5 N–H and O–H groups in total. The van der Waals surface area contributed by atoms with E-state index < -0.39 is 18.0 Å². The lowest BCUT2D eigenvalue weighted by Gasteiger charge is -2.09. The van der Waals surface area contributed by atoms with Gasteiger partial charge >= 0.3 is 12.1 Å². The number of amides is 1. The number of aromatic amines is 1. The SMILES string of the molecule is CCOC(=O)CNC(=O)c1nccc(NC(=N)c2ccc(CCC(=O)c3c(C)[nH]c4ccc(OC(=O)O)cc34)cc2)n1.Cl. The van der Waals surface area contributed by atoms with Gasteiger partial charge in [0.1, 0.15) is 23.9 Å². The van der Waals surface area contributed by atoms with E-state index in [-0.39, 0.29) is 61.0 Å². The van der Waals surface area contributed by atoms with Gasteiger partial charge in [-0.2, -0.15) is 0 Å². The van der Waals surface area contributed by atoms with Crippen LogP contribution in [0.25, 0.3) is 10.9 Å². The average molecular weight is 609 g/mol. The first kappa shape index (κ1) is 32.2. The molecule has 0 atom stereocenters. The number of fused-ring (bicyclic) bond motifs is 1. The van der Waals surface area contributed by atoms with E-state index in [2.05, 4.69) is 25.6 Å². The first-order chi connectivity index (χ1) is 20.1. The van der Waals surface area contributed by atoms with Crippen LogP contribution in [0.2, 0.25) is 0 Å². The van der Waals surface area contributed by atoms with Crippen LogP contribution in [0.5, 0.6) is 5.75 Å². The number of ketones is 1. The zero-order valence-electron chi connectivity index (χ0n) is 23.2. The van der Waals surface area contributed by atoms with Crippen LogP contribution >= 0.6 is 12.4 Å². The zero-order chi connectivity index (χ0) is 30.2. The predicted molar refractivity (Wildman–Crippen MR) is 159 cm³/mol. The van der Waals surface area contributed by atoms with Crippen molar-refractivity contribution in [1.82, 2.24) is 20.3 Å². The lowest BCUT2D eigenvalue weighted by Crippen LogP contribution is -2.32. The molecule has 0 saturated heterocycles. The number of carbonyl (C=O) groups excluding carboxylic acids is 3. The number of halogens is 1. The van der Waals surface area contributed by atoms with Crippen molar-refractivity contribution in [3.8, 4) is 5.75 Å². The van der Waals surface area contributed by atoms with Crippen molar-refractivity contribution in [2.75, 3.05) is 18.5 Å². The lowest BCUT2D eigenvalue weighted by atomic mass is 9.99. The van der Waals surface area contributed by atoms with Crippen molar-refractivity contribution in [3.05, 3.63) is 82.9 Å². The first-order valence-corrected chi connectivity index (χ1v) is 12.9. The summed E-state index contributed by atoms with van der Waals surface area (Å²) in [6.45, 7) is 3.33. The molecule has 0 aliphatic rings. The Hall–Kier alpha value is -5.30. The van der Waals surface area contributed by atoms with Crippen LogP contribution in [0.1, 0.15) is 51.1 Å². The number of hydrogen-bond donors (Lipinski definition) is 5. The molecule has 0 saturated carbocycles. The Morgan fingerprint density at radius 2 is 1.81 bits per heavy atom. The Labute approximate surface area is 251 Å². The van der Waals surface area contributed by atoms with Gasteiger partial charge in [-0.3, -0.25) is 19.8 Å². The van der Waals surface area contributed by atoms with Crippen LogP contribution in [0, 0.1) is 12.3 Å². The quantitative estimate of drug-likeness (QED) is 0.0538. The molecule has 14 heteroatoms. The summed E-state index contributed by atoms with van der Waals surface area (Å²) in [5.41, 5.74) is 3.31. The number of amidine groups is 1. The number of nitrogens with zero attached hydrogens (tertiary/aromatic N) is 2. The van der Waals surface area contributed by atoms with Crippen molar-refractivity contribution < 1.29 is 33.8 Å². The minimum Gasteiger partial charge on any atom is -0.465 e. The standard InChI is InChI=1S/C29H28N6O7.ClH/c1-3-41-24(37)15-32-28(38)27-31-13-12-23(35-27)34-26(30)18-7-4-17(5-8-18)6-11-22(36)25-16(2)33-21-10-9-19(14-20(21)25)42-29(39)40;/h4-5,7-10,12-14,33H,3,6,11,15H2,1-2H3,(H,32,38)(H,39,40)(H2,30,31,34,35);1H. The molecule has 0 aliphatic heterocycles. The fraction of sp³-hybridized carbons (Fsp3) is 0.207. The zero-order valence-corrected chi connectivity index (χ0v) is 24.0. The number of H-pyrrole nitrogens is 1. The van der Waals surface area contributed by atoms with E-state index in [4.69, 9.17) is 20.0 Å². The van der Waals surface area contributed by atoms with Crippen LogP contribution in [-0.4, -0.2) is 62.9 Å². The molecule has 4 rings (SSSR count). The van der Waals surface area contributed by atoms with Crippen LogP contribution in [0.3, 0.4) is 0 Å². The van der Waals surface area contributed by atoms with Gasteiger partial charge in [-0.1, -0.05) is 24.3 Å². The molecule has 2 aromatic heterocycles. The van der Waals surface area contributed by atoms with Gasteiger partial charge in [-0.05, 0) is 50.1 Å². The number of Topliss-reactive ketones (excluding diaryl/α,β-unsaturated/α-hetero) is 1. The van der Waals surface area contributed by atoms with Crippen molar-refractivity contribution in [1.29, 1.82) is 5.41 Å². The molecule has 224 valence electrons. The molecule has 0 spiro atoms. The molecule has 0 aliphatic carbocycles. The normalized spacial score (nSPS) is 10.4. The van der Waals surface area contributed by atoms with Gasteiger partial charge in [0, 0.05) is 40.3 Å². The Balaban J connectivity index is 0.00000506. The lowest BCUT2D eigenvalue weighted by molar-refractivity contribution is -0.141. The van der Waals surface area contributed by atoms with Crippen molar-refractivity contribution in [3.63, 3.8) is 0 Å². The third kappa shape index (κ3) is 8.36. The highest BCUT2D eigenvalue weighted by Crippen LogP contribution is 2.28. The topological polar surface area (TPSA) is 196 Å². The van der Waals surface area contributed by atoms with Crippen LogP contribution in [0.15, 0.2) is 54.7 Å². The van der Waals surface area contributed by atoms with Gasteiger partial charge < -0.3 is 30.2 Å². The summed E-state index contributed by atoms with van der Waals surface area (Å²) in [5, 5.41) is 23.1. The summed E-state index contributed by atoms with van der Waals surface area (Å²) in [4.78, 5) is 58.8. The number of aromatic nitrogens is 3. The second-order valence-electron chi connectivity index (χ2n) is 9.07. The van der Waals surface area contributed by atoms with Gasteiger partial charge in [-0.15, -0.1) is 12.4 Å². The third-order valence-corrected chi connectivity index (χ3v) is 6.14. The molecule has 0 fully saturated rings. The smallest absolute Gasteiger partial charge is 0.465 e. The highest BCUT2D eigenvalue weighted by molar-refractivity contribution is 6.09. The monoisotopic (exact) mass is 608 g/mol. The van der Waals surface area contributed by atoms with Gasteiger partial charge in [0.2, 0.25) is 5.82 Å². The minimum atomic E-state index is -1.43. The van der Waals surface area contributed by atoms with Gasteiger partial charge in [-0.25, -0.2) is 14.8 Å². The Morgan fingerprint density at radius 1 is 1.07 bits per heavy atom. The van der Waals surface area contributed by atoms with E-state index in [0.717, 1.165) is 5.56 Å². The van der Waals surface area contributed by atoms with E-state index in [1.165, 1.54) is 24.4 Å². The number of carbonyl (C=O) groups is 4. The number of nitrogens with one attached hydrogen (secondary N) is 4. The summed E-state index contributed by atoms with van der Waals surface area (Å²) in [6.07, 6.45) is 0.595. The molecule has 1 amide bonds. The van der Waals surface area contributed by atoms with Gasteiger partial charge in [0.25, 0.3) is 5.91 Å². The maximum Gasteiger partial charge on any atom is 0.511 e. The largest absolute Gasteiger partial charge is 0.511 e. The number of hydrogen-bond acceptors (Lipinski definition) is 9. The van der Waals surface area contributed by atoms with Gasteiger partial charge in [0.15, 0.2) is 5.78 Å². The summed E-state index contributed by atoms with van der Waals surface area (Å²) in [6, 6.07) is 13.3. The summed E-state index contributed by atoms with van der Waals surface area (Å²) < 4.78 is 9.50. The number of carboxylic acid groups (broad SMARTS) is 1. The molecule has 0 radical (unpaired) electrons. The fourth-order valence-corrected chi connectivity index (χ4v) is 4.23. The second-order valence-corrected chi connectivity index (χ2v) is 9.07. The molecule has 43 heavy (non-hydrogen) atoms. The molecule has 2 aromatic carbocycles. The van der Waals surface area contributed by atoms with Gasteiger partial charge in [0.05, 0.1) is 6.61 Å². The maximum atomic E-state index is 13.1. The number of esters is 1. The minimum absolute atomic E-state index is 0. The van der Waals surface area contributed by atoms with E-state index in [9.17, 15) is 19.2 Å². The van der Waals surface area contributed by atoms with Crippen LogP contribution in [-0.2, 0) is 16.0 Å². The van der Waals surface area contributed by atoms with E-state index in [1.807, 2.05) is 12.1 Å². The number of benzene rings is 2. The summed E-state index contributed by atoms with van der Waals surface area (Å²) in [5.74, 6) is -1.13. The predicted octanol–water partition coefficient (Wildman–Crippen LogP) is 4.29. The fourth-order valence-electron chi connectivity index (χ4n) is 4.23. The van der Waals surface area contributed by atoms with E-state index >= 15 is 0 Å². The molecule has 13 nitrogen and oxygen atoms in total. The first-order valence-electron chi connectivity index (χ1n) is 12.9. The number of aryl methyl sites for hydroxylation is 2. The summed E-state index contributed by atoms with van der Waals surface area (Å²) >= 11 is 0. The Morgan fingerprint density at radius 3 is 2.51 bits per heavy atom. The van der Waals surface area contributed by atoms with E-state index in [1.54, 1.807) is 32.0 Å². The summed E-state index contributed by atoms with van der Waals surface area (Å²) in [7, 11) is 0. The molecular weight excluding hydrogens is 580 g/mol. The molecular formula is C29H29ClN6O7. The van der Waals surface area contributed by atoms with Crippen molar-refractivity contribution in [2.24, 2.45) is 0 Å².